The maximum absolute atomic E-state index is 11.2. The number of hydrogen-bond donors (Lipinski definition) is 0. The Kier molecular flexibility index (Phi) is 5.23. The van der Waals surface area contributed by atoms with E-state index in [4.69, 9.17) is 16.3 Å². The van der Waals surface area contributed by atoms with Crippen molar-refractivity contribution in [2.24, 2.45) is 0 Å². The number of ether oxygens (including phenoxy) is 1. The number of carbonyl (C=O) groups excluding carboxylic acids is 1. The van der Waals surface area contributed by atoms with E-state index in [1.807, 2.05) is 18.2 Å². The summed E-state index contributed by atoms with van der Waals surface area (Å²) in [6.45, 7) is 4.64. The van der Waals surface area contributed by atoms with Gasteiger partial charge in [0.25, 0.3) is 0 Å². The molecule has 0 aromatic heterocycles. The van der Waals surface area contributed by atoms with E-state index in [0.717, 1.165) is 50.9 Å². The number of aldehydes is 1. The number of nitrogens with zero attached hydrogens (tertiary/aromatic N) is 1. The van der Waals surface area contributed by atoms with E-state index in [9.17, 15) is 4.79 Å². The highest BCUT2D eigenvalue weighted by atomic mass is 35.5. The summed E-state index contributed by atoms with van der Waals surface area (Å²) in [6, 6.07) is 5.45. The average Bonchev–Trinajstić information content (AvgIpc) is 2.45. The van der Waals surface area contributed by atoms with Gasteiger partial charge in [-0.3, -0.25) is 4.79 Å². The van der Waals surface area contributed by atoms with Crippen LogP contribution >= 0.6 is 11.6 Å². The van der Waals surface area contributed by atoms with Crippen LogP contribution in [0.15, 0.2) is 18.2 Å². The van der Waals surface area contributed by atoms with Crippen molar-refractivity contribution in [3.05, 3.63) is 28.8 Å². The van der Waals surface area contributed by atoms with Gasteiger partial charge in [-0.15, -0.1) is 0 Å². The van der Waals surface area contributed by atoms with Gasteiger partial charge in [0, 0.05) is 25.3 Å². The largest absolute Gasteiger partial charge is 0.376 e. The van der Waals surface area contributed by atoms with Crippen LogP contribution < -0.4 is 4.90 Å². The van der Waals surface area contributed by atoms with Crippen molar-refractivity contribution in [1.29, 1.82) is 0 Å². The second-order valence-corrected chi connectivity index (χ2v) is 5.28. The van der Waals surface area contributed by atoms with Crippen LogP contribution in [0.2, 0.25) is 5.02 Å². The summed E-state index contributed by atoms with van der Waals surface area (Å²) in [5.74, 6) is 0. The molecule has 1 fully saturated rings. The molecule has 1 heterocycles. The lowest BCUT2D eigenvalue weighted by Gasteiger charge is -2.35. The van der Waals surface area contributed by atoms with Gasteiger partial charge in [0.05, 0.1) is 16.8 Å². The minimum Gasteiger partial charge on any atom is -0.376 e. The highest BCUT2D eigenvalue weighted by molar-refractivity contribution is 6.33. The molecule has 19 heavy (non-hydrogen) atoms. The minimum absolute atomic E-state index is 0.240. The van der Waals surface area contributed by atoms with Gasteiger partial charge in [-0.05, 0) is 31.4 Å². The highest BCUT2D eigenvalue weighted by Crippen LogP contribution is 2.31. The fourth-order valence-electron chi connectivity index (χ4n) is 2.52. The fourth-order valence-corrected chi connectivity index (χ4v) is 2.82. The Labute approximate surface area is 119 Å². The standard InChI is InChI=1S/C15H20ClNO2/c1-2-9-19-13-6-4-8-17(10-13)15-12(11-18)5-3-7-14(15)16/h3,5,7,11,13H,2,4,6,8-10H2,1H3. The monoisotopic (exact) mass is 281 g/mol. The Hall–Kier alpha value is -1.06. The normalized spacial score (nSPS) is 19.5. The summed E-state index contributed by atoms with van der Waals surface area (Å²) in [6.07, 6.45) is 4.29. The van der Waals surface area contributed by atoms with Gasteiger partial charge in [0.2, 0.25) is 0 Å². The number of carbonyl (C=O) groups is 1. The molecule has 1 aromatic carbocycles. The van der Waals surface area contributed by atoms with E-state index in [-0.39, 0.29) is 6.10 Å². The zero-order chi connectivity index (χ0) is 13.7. The van der Waals surface area contributed by atoms with E-state index in [2.05, 4.69) is 11.8 Å². The molecule has 1 atom stereocenters. The summed E-state index contributed by atoms with van der Waals surface area (Å²) in [5.41, 5.74) is 1.51. The van der Waals surface area contributed by atoms with Crippen molar-refractivity contribution >= 4 is 23.6 Å². The minimum atomic E-state index is 0.240. The third kappa shape index (κ3) is 3.48. The van der Waals surface area contributed by atoms with Crippen LogP contribution in [-0.2, 0) is 4.74 Å². The van der Waals surface area contributed by atoms with E-state index in [1.54, 1.807) is 0 Å². The zero-order valence-corrected chi connectivity index (χ0v) is 12.0. The predicted molar refractivity (Wildman–Crippen MR) is 78.3 cm³/mol. The molecule has 4 heteroatoms. The summed E-state index contributed by atoms with van der Waals surface area (Å²) in [4.78, 5) is 13.3. The fraction of sp³-hybridized carbons (Fsp3) is 0.533. The van der Waals surface area contributed by atoms with Crippen molar-refractivity contribution < 1.29 is 9.53 Å². The third-order valence-electron chi connectivity index (χ3n) is 3.40. The van der Waals surface area contributed by atoms with Crippen LogP contribution in [0.25, 0.3) is 0 Å². The average molecular weight is 282 g/mol. The molecule has 0 bridgehead atoms. The van der Waals surface area contributed by atoms with Crippen molar-refractivity contribution in [1.82, 2.24) is 0 Å². The Morgan fingerprint density at radius 1 is 1.53 bits per heavy atom. The van der Waals surface area contributed by atoms with Crippen molar-refractivity contribution in [2.75, 3.05) is 24.6 Å². The first-order valence-corrected chi connectivity index (χ1v) is 7.24. The molecular formula is C15H20ClNO2. The summed E-state index contributed by atoms with van der Waals surface area (Å²) in [5, 5.41) is 0.640. The molecule has 104 valence electrons. The summed E-state index contributed by atoms with van der Waals surface area (Å²) < 4.78 is 5.82. The molecule has 1 aliphatic rings. The first-order valence-electron chi connectivity index (χ1n) is 6.86. The van der Waals surface area contributed by atoms with Gasteiger partial charge < -0.3 is 9.64 Å². The van der Waals surface area contributed by atoms with E-state index in [0.29, 0.717) is 10.6 Å². The topological polar surface area (TPSA) is 29.5 Å². The van der Waals surface area contributed by atoms with Crippen LogP contribution in [0, 0.1) is 0 Å². The number of piperidine rings is 1. The molecule has 3 nitrogen and oxygen atoms in total. The van der Waals surface area contributed by atoms with Gasteiger partial charge in [-0.2, -0.15) is 0 Å². The molecule has 2 rings (SSSR count). The quantitative estimate of drug-likeness (QED) is 0.773. The number of hydrogen-bond acceptors (Lipinski definition) is 3. The SMILES string of the molecule is CCCOC1CCCN(c2c(Cl)cccc2C=O)C1. The molecule has 0 aliphatic carbocycles. The zero-order valence-electron chi connectivity index (χ0n) is 11.3. The van der Waals surface area contributed by atoms with Crippen LogP contribution in [-0.4, -0.2) is 32.1 Å². The number of benzene rings is 1. The van der Waals surface area contributed by atoms with Crippen LogP contribution in [0.1, 0.15) is 36.5 Å². The molecule has 1 saturated heterocycles. The molecule has 1 unspecified atom stereocenters. The van der Waals surface area contributed by atoms with E-state index >= 15 is 0 Å². The lowest BCUT2D eigenvalue weighted by molar-refractivity contribution is 0.0440. The lowest BCUT2D eigenvalue weighted by atomic mass is 10.1. The van der Waals surface area contributed by atoms with Crippen LogP contribution in [0.3, 0.4) is 0 Å². The Morgan fingerprint density at radius 2 is 2.37 bits per heavy atom. The molecule has 0 radical (unpaired) electrons. The van der Waals surface area contributed by atoms with E-state index < -0.39 is 0 Å². The van der Waals surface area contributed by atoms with Gasteiger partial charge in [-0.1, -0.05) is 24.6 Å². The van der Waals surface area contributed by atoms with Gasteiger partial charge in [0.1, 0.15) is 0 Å². The molecule has 1 aliphatic heterocycles. The Balaban J connectivity index is 2.15. The molecule has 0 saturated carbocycles. The maximum Gasteiger partial charge on any atom is 0.152 e. The third-order valence-corrected chi connectivity index (χ3v) is 3.70. The summed E-state index contributed by atoms with van der Waals surface area (Å²) >= 11 is 6.25. The van der Waals surface area contributed by atoms with Crippen LogP contribution in [0.4, 0.5) is 5.69 Å². The second kappa shape index (κ2) is 6.92. The summed E-state index contributed by atoms with van der Waals surface area (Å²) in [7, 11) is 0. The molecule has 0 spiro atoms. The smallest absolute Gasteiger partial charge is 0.152 e. The first-order chi connectivity index (χ1) is 9.26. The molecule has 0 amide bonds. The second-order valence-electron chi connectivity index (χ2n) is 4.88. The van der Waals surface area contributed by atoms with E-state index in [1.165, 1.54) is 0 Å². The molecule has 1 aromatic rings. The Bertz CT molecular complexity index is 436. The number of para-hydroxylation sites is 1. The van der Waals surface area contributed by atoms with Crippen LogP contribution in [0.5, 0.6) is 0 Å². The number of anilines is 1. The van der Waals surface area contributed by atoms with Gasteiger partial charge >= 0.3 is 0 Å². The maximum atomic E-state index is 11.2. The first kappa shape index (κ1) is 14.4. The molecule has 0 N–H and O–H groups in total. The van der Waals surface area contributed by atoms with Gasteiger partial charge in [-0.25, -0.2) is 0 Å². The number of halogens is 1. The highest BCUT2D eigenvalue weighted by Gasteiger charge is 2.23. The van der Waals surface area contributed by atoms with Crippen molar-refractivity contribution in [3.63, 3.8) is 0 Å². The van der Waals surface area contributed by atoms with Gasteiger partial charge in [0.15, 0.2) is 6.29 Å². The van der Waals surface area contributed by atoms with Crippen molar-refractivity contribution in [2.45, 2.75) is 32.3 Å². The lowest BCUT2D eigenvalue weighted by Crippen LogP contribution is -2.40. The number of rotatable bonds is 5. The predicted octanol–water partition coefficient (Wildman–Crippen LogP) is 3.55. The Morgan fingerprint density at radius 3 is 3.11 bits per heavy atom. The van der Waals surface area contributed by atoms with Crippen molar-refractivity contribution in [3.8, 4) is 0 Å². The molecular weight excluding hydrogens is 262 g/mol.